The highest BCUT2D eigenvalue weighted by Crippen LogP contribution is 2.32. The maximum atomic E-state index is 5.69. The van der Waals surface area contributed by atoms with Gasteiger partial charge in [-0.1, -0.05) is 32.9 Å². The van der Waals surface area contributed by atoms with Gasteiger partial charge in [0.2, 0.25) is 0 Å². The molecule has 0 radical (unpaired) electrons. The van der Waals surface area contributed by atoms with Gasteiger partial charge in [0.1, 0.15) is 5.75 Å². The van der Waals surface area contributed by atoms with Crippen LogP contribution in [0.1, 0.15) is 49.9 Å². The first-order chi connectivity index (χ1) is 10.1. The second-order valence-corrected chi connectivity index (χ2v) is 5.56. The number of hydrogen-bond donors (Lipinski definition) is 1. The summed E-state index contributed by atoms with van der Waals surface area (Å²) < 4.78 is 5.69. The normalized spacial score (nSPS) is 12.7. The second kappa shape index (κ2) is 9.06. The molecule has 1 unspecified atom stereocenters. The van der Waals surface area contributed by atoms with Gasteiger partial charge in [0, 0.05) is 11.6 Å². The van der Waals surface area contributed by atoms with E-state index < -0.39 is 0 Å². The van der Waals surface area contributed by atoms with Crippen molar-refractivity contribution in [3.63, 3.8) is 0 Å². The van der Waals surface area contributed by atoms with E-state index in [1.54, 1.807) is 7.11 Å². The summed E-state index contributed by atoms with van der Waals surface area (Å²) in [6.07, 6.45) is 1.11. The van der Waals surface area contributed by atoms with Crippen LogP contribution in [0, 0.1) is 13.8 Å². The lowest BCUT2D eigenvalue weighted by atomic mass is 9.97. The Hall–Kier alpha value is -1.06. The molecule has 3 nitrogen and oxygen atoms in total. The van der Waals surface area contributed by atoms with Gasteiger partial charge in [0.15, 0.2) is 0 Å². The van der Waals surface area contributed by atoms with Gasteiger partial charge in [-0.3, -0.25) is 0 Å². The van der Waals surface area contributed by atoms with E-state index in [0.29, 0.717) is 6.04 Å². The first-order valence-electron chi connectivity index (χ1n) is 8.18. The standard InChI is InChI=1S/C18H32N2O/c1-7-19-17(12-13-20(8-2)9-3)16-11-10-14(4)15(5)18(16)21-6/h10-11,17,19H,7-9,12-13H2,1-6H3. The molecule has 120 valence electrons. The summed E-state index contributed by atoms with van der Waals surface area (Å²) in [5.74, 6) is 1.04. The minimum atomic E-state index is 0.352. The lowest BCUT2D eigenvalue weighted by Crippen LogP contribution is -2.29. The molecule has 0 bridgehead atoms. The van der Waals surface area contributed by atoms with E-state index in [4.69, 9.17) is 4.74 Å². The van der Waals surface area contributed by atoms with E-state index in [1.807, 2.05) is 0 Å². The number of nitrogens with one attached hydrogen (secondary N) is 1. The van der Waals surface area contributed by atoms with E-state index in [0.717, 1.165) is 38.3 Å². The van der Waals surface area contributed by atoms with Crippen molar-refractivity contribution in [1.82, 2.24) is 10.2 Å². The fourth-order valence-corrected chi connectivity index (χ4v) is 2.82. The second-order valence-electron chi connectivity index (χ2n) is 5.56. The molecule has 21 heavy (non-hydrogen) atoms. The zero-order chi connectivity index (χ0) is 15.8. The highest BCUT2D eigenvalue weighted by atomic mass is 16.5. The fraction of sp³-hybridized carbons (Fsp3) is 0.667. The predicted molar refractivity (Wildman–Crippen MR) is 91.3 cm³/mol. The van der Waals surface area contributed by atoms with Crippen LogP contribution in [0.25, 0.3) is 0 Å². The van der Waals surface area contributed by atoms with Crippen LogP contribution < -0.4 is 10.1 Å². The third-order valence-corrected chi connectivity index (χ3v) is 4.37. The zero-order valence-corrected chi connectivity index (χ0v) is 14.6. The third-order valence-electron chi connectivity index (χ3n) is 4.37. The van der Waals surface area contributed by atoms with Gasteiger partial charge < -0.3 is 15.0 Å². The average Bonchev–Trinajstić information content (AvgIpc) is 2.49. The van der Waals surface area contributed by atoms with Gasteiger partial charge in [-0.2, -0.15) is 0 Å². The van der Waals surface area contributed by atoms with Crippen LogP contribution in [0.4, 0.5) is 0 Å². The summed E-state index contributed by atoms with van der Waals surface area (Å²) in [5, 5.41) is 3.62. The maximum Gasteiger partial charge on any atom is 0.126 e. The molecule has 1 rings (SSSR count). The lowest BCUT2D eigenvalue weighted by Gasteiger charge is -2.26. The molecule has 0 heterocycles. The van der Waals surface area contributed by atoms with Gasteiger partial charge in [-0.15, -0.1) is 0 Å². The van der Waals surface area contributed by atoms with Crippen LogP contribution in [0.15, 0.2) is 12.1 Å². The molecule has 1 aromatic carbocycles. The Balaban J connectivity index is 2.97. The quantitative estimate of drug-likeness (QED) is 0.751. The van der Waals surface area contributed by atoms with Crippen LogP contribution in [0.5, 0.6) is 5.75 Å². The Bertz CT molecular complexity index is 427. The summed E-state index contributed by atoms with van der Waals surface area (Å²) in [5.41, 5.74) is 3.82. The van der Waals surface area contributed by atoms with Gasteiger partial charge in [0.25, 0.3) is 0 Å². The SMILES string of the molecule is CCNC(CCN(CC)CC)c1ccc(C)c(C)c1OC. The minimum absolute atomic E-state index is 0.352. The number of hydrogen-bond acceptors (Lipinski definition) is 3. The molecular weight excluding hydrogens is 260 g/mol. The van der Waals surface area contributed by atoms with Crippen LogP contribution in [-0.4, -0.2) is 38.2 Å². The molecule has 0 spiro atoms. The molecule has 0 aliphatic carbocycles. The van der Waals surface area contributed by atoms with E-state index in [-0.39, 0.29) is 0 Å². The summed E-state index contributed by atoms with van der Waals surface area (Å²) >= 11 is 0. The van der Waals surface area contributed by atoms with Crippen molar-refractivity contribution < 1.29 is 4.74 Å². The first-order valence-corrected chi connectivity index (χ1v) is 8.18. The molecule has 0 saturated carbocycles. The smallest absolute Gasteiger partial charge is 0.126 e. The number of aryl methyl sites for hydroxylation is 1. The number of methoxy groups -OCH3 is 1. The predicted octanol–water partition coefficient (Wildman–Crippen LogP) is 3.69. The highest BCUT2D eigenvalue weighted by Gasteiger charge is 2.18. The van der Waals surface area contributed by atoms with Crippen molar-refractivity contribution in [3.05, 3.63) is 28.8 Å². The molecule has 0 amide bonds. The van der Waals surface area contributed by atoms with E-state index >= 15 is 0 Å². The topological polar surface area (TPSA) is 24.5 Å². The summed E-state index contributed by atoms with van der Waals surface area (Å²) in [6, 6.07) is 4.77. The molecule has 0 aromatic heterocycles. The van der Waals surface area contributed by atoms with Gasteiger partial charge >= 0.3 is 0 Å². The van der Waals surface area contributed by atoms with Gasteiger partial charge in [-0.05, 0) is 57.6 Å². The zero-order valence-electron chi connectivity index (χ0n) is 14.6. The molecule has 1 N–H and O–H groups in total. The minimum Gasteiger partial charge on any atom is -0.496 e. The average molecular weight is 292 g/mol. The largest absolute Gasteiger partial charge is 0.496 e. The van der Waals surface area contributed by atoms with Crippen LogP contribution in [0.3, 0.4) is 0 Å². The first kappa shape index (κ1) is 18.0. The molecular formula is C18H32N2O. The molecule has 1 atom stereocenters. The van der Waals surface area contributed by atoms with Gasteiger partial charge in [0.05, 0.1) is 7.11 Å². The Morgan fingerprint density at radius 2 is 1.81 bits per heavy atom. The number of ether oxygens (including phenoxy) is 1. The van der Waals surface area contributed by atoms with Gasteiger partial charge in [-0.25, -0.2) is 0 Å². The lowest BCUT2D eigenvalue weighted by molar-refractivity contribution is 0.280. The third kappa shape index (κ3) is 4.72. The number of nitrogens with zero attached hydrogens (tertiary/aromatic N) is 1. The molecule has 0 saturated heterocycles. The Kier molecular flexibility index (Phi) is 7.76. The van der Waals surface area contributed by atoms with Crippen LogP contribution in [-0.2, 0) is 0 Å². The summed E-state index contributed by atoms with van der Waals surface area (Å²) in [4.78, 5) is 2.47. The summed E-state index contributed by atoms with van der Waals surface area (Å²) in [7, 11) is 1.78. The Labute approximate surface area is 130 Å². The molecule has 1 aromatic rings. The molecule has 0 aliphatic rings. The Morgan fingerprint density at radius 3 is 2.33 bits per heavy atom. The van der Waals surface area contributed by atoms with Crippen LogP contribution >= 0.6 is 0 Å². The van der Waals surface area contributed by atoms with E-state index in [2.05, 4.69) is 57.0 Å². The van der Waals surface area contributed by atoms with E-state index in [1.165, 1.54) is 16.7 Å². The van der Waals surface area contributed by atoms with Crippen LogP contribution in [0.2, 0.25) is 0 Å². The maximum absolute atomic E-state index is 5.69. The highest BCUT2D eigenvalue weighted by molar-refractivity contribution is 5.46. The monoisotopic (exact) mass is 292 g/mol. The molecule has 0 fully saturated rings. The van der Waals surface area contributed by atoms with Crippen molar-refractivity contribution >= 4 is 0 Å². The number of rotatable bonds is 9. The fourth-order valence-electron chi connectivity index (χ4n) is 2.82. The van der Waals surface area contributed by atoms with Crippen molar-refractivity contribution in [2.75, 3.05) is 33.3 Å². The summed E-state index contributed by atoms with van der Waals surface area (Å²) in [6.45, 7) is 15.2. The molecule has 0 aliphatic heterocycles. The van der Waals surface area contributed by atoms with E-state index in [9.17, 15) is 0 Å². The van der Waals surface area contributed by atoms with Crippen molar-refractivity contribution in [3.8, 4) is 5.75 Å². The van der Waals surface area contributed by atoms with Crippen molar-refractivity contribution in [2.45, 2.75) is 47.1 Å². The molecule has 3 heteroatoms. The van der Waals surface area contributed by atoms with Crippen molar-refractivity contribution in [1.29, 1.82) is 0 Å². The Morgan fingerprint density at radius 1 is 1.14 bits per heavy atom. The van der Waals surface area contributed by atoms with Crippen molar-refractivity contribution in [2.24, 2.45) is 0 Å². The number of benzene rings is 1.